The van der Waals surface area contributed by atoms with Crippen LogP contribution in [0, 0.1) is 12.8 Å². The largest absolute Gasteiger partial charge is 0.464 e. The van der Waals surface area contributed by atoms with Crippen LogP contribution in [-0.2, 0) is 0 Å². The van der Waals surface area contributed by atoms with Gasteiger partial charge in [-0.05, 0) is 56.7 Å². The number of aryl methyl sites for hydroxylation is 1. The van der Waals surface area contributed by atoms with Crippen LogP contribution in [0.15, 0.2) is 51.9 Å². The fourth-order valence-electron chi connectivity index (χ4n) is 3.05. The standard InChI is InChI=1S/C20H27N3O.HI/c1-4-21-20(23-15(3)19-11-10-14(2)24-19)22-13-17-12-18(17)16-8-6-5-7-9-16;/h5-11,15,17-18H,4,12-13H2,1-3H3,(H2,21,22,23);1H. The molecule has 1 aliphatic carbocycles. The van der Waals surface area contributed by atoms with Gasteiger partial charge in [-0.15, -0.1) is 24.0 Å². The number of hydrogen-bond acceptors (Lipinski definition) is 2. The molecule has 3 atom stereocenters. The van der Waals surface area contributed by atoms with Crippen molar-refractivity contribution in [3.8, 4) is 0 Å². The molecule has 5 heteroatoms. The molecule has 2 aromatic rings. The minimum atomic E-state index is 0. The van der Waals surface area contributed by atoms with Crippen molar-refractivity contribution >= 4 is 29.9 Å². The zero-order valence-electron chi connectivity index (χ0n) is 15.2. The minimum absolute atomic E-state index is 0. The van der Waals surface area contributed by atoms with E-state index in [2.05, 4.69) is 54.8 Å². The molecule has 3 unspecified atom stereocenters. The number of nitrogens with one attached hydrogen (secondary N) is 2. The molecule has 0 aliphatic heterocycles. The first-order valence-electron chi connectivity index (χ1n) is 8.83. The number of guanidine groups is 1. The summed E-state index contributed by atoms with van der Waals surface area (Å²) in [6.07, 6.45) is 1.24. The monoisotopic (exact) mass is 453 g/mol. The summed E-state index contributed by atoms with van der Waals surface area (Å²) in [5.41, 5.74) is 1.44. The van der Waals surface area contributed by atoms with Crippen LogP contribution in [0.2, 0.25) is 0 Å². The van der Waals surface area contributed by atoms with Gasteiger partial charge in [-0.25, -0.2) is 0 Å². The lowest BCUT2D eigenvalue weighted by atomic mass is 10.1. The predicted molar refractivity (Wildman–Crippen MR) is 114 cm³/mol. The third-order valence-electron chi connectivity index (χ3n) is 4.52. The third-order valence-corrected chi connectivity index (χ3v) is 4.52. The van der Waals surface area contributed by atoms with Crippen LogP contribution in [0.25, 0.3) is 0 Å². The molecule has 0 spiro atoms. The Kier molecular flexibility index (Phi) is 7.35. The van der Waals surface area contributed by atoms with Crippen molar-refractivity contribution in [2.75, 3.05) is 13.1 Å². The molecule has 0 saturated heterocycles. The fourth-order valence-corrected chi connectivity index (χ4v) is 3.05. The molecule has 25 heavy (non-hydrogen) atoms. The molecule has 1 aromatic heterocycles. The van der Waals surface area contributed by atoms with Crippen molar-refractivity contribution in [2.45, 2.75) is 39.2 Å². The van der Waals surface area contributed by atoms with Gasteiger partial charge in [0.15, 0.2) is 5.96 Å². The molecule has 136 valence electrons. The SMILES string of the molecule is CCNC(=NCC1CC1c1ccccc1)NC(C)c1ccc(C)o1.I. The summed E-state index contributed by atoms with van der Waals surface area (Å²) in [7, 11) is 0. The van der Waals surface area contributed by atoms with Crippen LogP contribution in [-0.4, -0.2) is 19.0 Å². The van der Waals surface area contributed by atoms with E-state index in [0.29, 0.717) is 11.8 Å². The quantitative estimate of drug-likeness (QED) is 0.381. The maximum Gasteiger partial charge on any atom is 0.191 e. The summed E-state index contributed by atoms with van der Waals surface area (Å²) < 4.78 is 5.69. The zero-order valence-corrected chi connectivity index (χ0v) is 17.5. The molecular weight excluding hydrogens is 425 g/mol. The molecule has 0 bridgehead atoms. The lowest BCUT2D eigenvalue weighted by Crippen LogP contribution is -2.38. The first-order chi connectivity index (χ1) is 11.7. The van der Waals surface area contributed by atoms with E-state index in [-0.39, 0.29) is 30.0 Å². The number of rotatable bonds is 6. The number of benzene rings is 1. The Morgan fingerprint density at radius 2 is 2.00 bits per heavy atom. The molecule has 3 rings (SSSR count). The lowest BCUT2D eigenvalue weighted by Gasteiger charge is -2.16. The number of furan rings is 1. The van der Waals surface area contributed by atoms with Gasteiger partial charge in [0.05, 0.1) is 6.04 Å². The second kappa shape index (κ2) is 9.27. The molecule has 0 radical (unpaired) electrons. The van der Waals surface area contributed by atoms with Gasteiger partial charge in [0, 0.05) is 13.1 Å². The second-order valence-electron chi connectivity index (χ2n) is 6.55. The summed E-state index contributed by atoms with van der Waals surface area (Å²) in [6, 6.07) is 14.9. The zero-order chi connectivity index (χ0) is 16.9. The Bertz CT molecular complexity index is 683. The second-order valence-corrected chi connectivity index (χ2v) is 6.55. The molecule has 2 N–H and O–H groups in total. The average Bonchev–Trinajstić information content (AvgIpc) is 3.24. The number of nitrogens with zero attached hydrogens (tertiary/aromatic N) is 1. The Morgan fingerprint density at radius 3 is 2.64 bits per heavy atom. The van der Waals surface area contributed by atoms with E-state index in [1.165, 1.54) is 12.0 Å². The highest BCUT2D eigenvalue weighted by molar-refractivity contribution is 14.0. The maximum atomic E-state index is 5.69. The predicted octanol–water partition coefficient (Wildman–Crippen LogP) is 4.63. The van der Waals surface area contributed by atoms with Crippen LogP contribution in [0.3, 0.4) is 0 Å². The number of halogens is 1. The van der Waals surface area contributed by atoms with Crippen LogP contribution in [0.5, 0.6) is 0 Å². The van der Waals surface area contributed by atoms with E-state index >= 15 is 0 Å². The highest BCUT2D eigenvalue weighted by Gasteiger charge is 2.37. The molecule has 0 amide bonds. The van der Waals surface area contributed by atoms with Crippen LogP contribution < -0.4 is 10.6 Å². The van der Waals surface area contributed by atoms with E-state index in [4.69, 9.17) is 9.41 Å². The van der Waals surface area contributed by atoms with E-state index in [1.807, 2.05) is 19.1 Å². The summed E-state index contributed by atoms with van der Waals surface area (Å²) in [6.45, 7) is 7.85. The minimum Gasteiger partial charge on any atom is -0.464 e. The molecule has 1 aliphatic rings. The molecular formula is C20H28IN3O. The van der Waals surface area contributed by atoms with Crippen molar-refractivity contribution in [3.05, 3.63) is 59.5 Å². The van der Waals surface area contributed by atoms with Gasteiger partial charge in [0.25, 0.3) is 0 Å². The number of aliphatic imine (C=N–C) groups is 1. The Hall–Kier alpha value is -1.50. The van der Waals surface area contributed by atoms with Gasteiger partial charge in [0.1, 0.15) is 11.5 Å². The fraction of sp³-hybridized carbons (Fsp3) is 0.450. The van der Waals surface area contributed by atoms with Crippen LogP contribution in [0.4, 0.5) is 0 Å². The van der Waals surface area contributed by atoms with Gasteiger partial charge in [-0.1, -0.05) is 30.3 Å². The summed E-state index contributed by atoms with van der Waals surface area (Å²) in [4.78, 5) is 4.78. The van der Waals surface area contributed by atoms with Crippen molar-refractivity contribution in [3.63, 3.8) is 0 Å². The summed E-state index contributed by atoms with van der Waals surface area (Å²) >= 11 is 0. The molecule has 1 heterocycles. The van der Waals surface area contributed by atoms with Gasteiger partial charge in [-0.3, -0.25) is 4.99 Å². The van der Waals surface area contributed by atoms with Crippen LogP contribution >= 0.6 is 24.0 Å². The first-order valence-corrected chi connectivity index (χ1v) is 8.83. The highest BCUT2D eigenvalue weighted by Crippen LogP contribution is 2.47. The molecule has 1 fully saturated rings. The summed E-state index contributed by atoms with van der Waals surface area (Å²) in [5.74, 6) is 4.06. The van der Waals surface area contributed by atoms with Crippen molar-refractivity contribution < 1.29 is 4.42 Å². The van der Waals surface area contributed by atoms with Gasteiger partial charge < -0.3 is 15.1 Å². The summed E-state index contributed by atoms with van der Waals surface area (Å²) in [5, 5.41) is 6.76. The highest BCUT2D eigenvalue weighted by atomic mass is 127. The third kappa shape index (κ3) is 5.49. The Balaban J connectivity index is 0.00000225. The maximum absolute atomic E-state index is 5.69. The Morgan fingerprint density at radius 1 is 1.24 bits per heavy atom. The van der Waals surface area contributed by atoms with Gasteiger partial charge in [-0.2, -0.15) is 0 Å². The van der Waals surface area contributed by atoms with E-state index < -0.39 is 0 Å². The van der Waals surface area contributed by atoms with Crippen molar-refractivity contribution in [1.82, 2.24) is 10.6 Å². The molecule has 1 saturated carbocycles. The first kappa shape index (κ1) is 19.8. The van der Waals surface area contributed by atoms with Gasteiger partial charge >= 0.3 is 0 Å². The van der Waals surface area contributed by atoms with E-state index in [9.17, 15) is 0 Å². The molecule has 1 aromatic carbocycles. The average molecular weight is 453 g/mol. The lowest BCUT2D eigenvalue weighted by molar-refractivity contribution is 0.441. The van der Waals surface area contributed by atoms with Crippen LogP contribution in [0.1, 0.15) is 49.3 Å². The van der Waals surface area contributed by atoms with Crippen molar-refractivity contribution in [2.24, 2.45) is 10.9 Å². The topological polar surface area (TPSA) is 49.6 Å². The smallest absolute Gasteiger partial charge is 0.191 e. The van der Waals surface area contributed by atoms with Gasteiger partial charge in [0.2, 0.25) is 0 Å². The van der Waals surface area contributed by atoms with E-state index in [0.717, 1.165) is 30.6 Å². The normalized spacial score (nSPS) is 20.5. The molecule has 4 nitrogen and oxygen atoms in total. The van der Waals surface area contributed by atoms with E-state index in [1.54, 1.807) is 0 Å². The Labute approximate surface area is 167 Å². The number of hydrogen-bond donors (Lipinski definition) is 2. The van der Waals surface area contributed by atoms with Crippen molar-refractivity contribution in [1.29, 1.82) is 0 Å².